The first-order valence-corrected chi connectivity index (χ1v) is 3.47. The minimum Gasteiger partial charge on any atom is -0.316 e. The van der Waals surface area contributed by atoms with Crippen molar-refractivity contribution < 1.29 is 4.79 Å². The molecule has 0 bridgehead atoms. The van der Waals surface area contributed by atoms with Crippen LogP contribution in [0, 0.1) is 5.92 Å². The maximum absolute atomic E-state index is 10.1. The molecule has 0 aromatic carbocycles. The number of hydrogen-bond acceptors (Lipinski definition) is 2. The Balaban J connectivity index is 2.96. The Kier molecular flexibility index (Phi) is 5.52. The highest BCUT2D eigenvalue weighted by Crippen LogP contribution is 1.84. The summed E-state index contributed by atoms with van der Waals surface area (Å²) in [5, 5.41) is 3.15. The Morgan fingerprint density at radius 2 is 2.33 bits per heavy atom. The van der Waals surface area contributed by atoms with E-state index in [2.05, 4.69) is 12.2 Å². The molecule has 2 heteroatoms. The van der Waals surface area contributed by atoms with Crippen molar-refractivity contribution in [3.05, 3.63) is 0 Å². The first-order chi connectivity index (χ1) is 4.31. The monoisotopic (exact) mass is 129 g/mol. The zero-order valence-corrected chi connectivity index (χ0v) is 6.18. The first-order valence-electron chi connectivity index (χ1n) is 3.47. The van der Waals surface area contributed by atoms with Crippen LogP contribution in [0.2, 0.25) is 0 Å². The van der Waals surface area contributed by atoms with Crippen LogP contribution in [0.15, 0.2) is 0 Å². The van der Waals surface area contributed by atoms with E-state index in [1.54, 1.807) is 0 Å². The van der Waals surface area contributed by atoms with Crippen LogP contribution in [-0.2, 0) is 4.79 Å². The summed E-state index contributed by atoms with van der Waals surface area (Å²) >= 11 is 0. The second kappa shape index (κ2) is 5.76. The van der Waals surface area contributed by atoms with Crippen LogP contribution in [0.25, 0.3) is 0 Å². The van der Waals surface area contributed by atoms with Gasteiger partial charge in [0, 0.05) is 12.5 Å². The lowest BCUT2D eigenvalue weighted by Gasteiger charge is -2.03. The van der Waals surface area contributed by atoms with Crippen molar-refractivity contribution in [2.75, 3.05) is 13.1 Å². The third kappa shape index (κ3) is 5.50. The maximum atomic E-state index is 10.1. The van der Waals surface area contributed by atoms with E-state index in [1.165, 1.54) is 0 Å². The molecular formula is C7H15NO. The molecule has 0 aromatic heterocycles. The number of nitrogens with one attached hydrogen (secondary N) is 1. The number of carbonyl (C=O) groups is 1. The lowest BCUT2D eigenvalue weighted by Crippen LogP contribution is -2.22. The van der Waals surface area contributed by atoms with E-state index in [0.717, 1.165) is 25.8 Å². The Hall–Kier alpha value is -0.370. The molecule has 0 radical (unpaired) electrons. The van der Waals surface area contributed by atoms with Crippen molar-refractivity contribution in [2.45, 2.75) is 20.3 Å². The molecule has 1 N–H and O–H groups in total. The van der Waals surface area contributed by atoms with E-state index in [-0.39, 0.29) is 5.92 Å². The fraction of sp³-hybridized carbons (Fsp3) is 0.857. The minimum atomic E-state index is 0.163. The van der Waals surface area contributed by atoms with Crippen molar-refractivity contribution >= 4 is 6.29 Å². The van der Waals surface area contributed by atoms with Crippen LogP contribution in [0.4, 0.5) is 0 Å². The van der Waals surface area contributed by atoms with E-state index in [4.69, 9.17) is 0 Å². The second-order valence-corrected chi connectivity index (χ2v) is 2.32. The van der Waals surface area contributed by atoms with Crippen LogP contribution in [0.5, 0.6) is 0 Å². The van der Waals surface area contributed by atoms with Gasteiger partial charge in [-0.2, -0.15) is 0 Å². The molecule has 0 aromatic rings. The van der Waals surface area contributed by atoms with Gasteiger partial charge in [-0.25, -0.2) is 0 Å². The summed E-state index contributed by atoms with van der Waals surface area (Å²) in [7, 11) is 0. The third-order valence-electron chi connectivity index (χ3n) is 1.13. The van der Waals surface area contributed by atoms with Crippen LogP contribution in [0.1, 0.15) is 20.3 Å². The lowest BCUT2D eigenvalue weighted by atomic mass is 10.2. The zero-order valence-electron chi connectivity index (χ0n) is 6.18. The van der Waals surface area contributed by atoms with Gasteiger partial charge in [-0.15, -0.1) is 0 Å². The van der Waals surface area contributed by atoms with Crippen LogP contribution < -0.4 is 5.32 Å². The molecule has 0 spiro atoms. The van der Waals surface area contributed by atoms with Gasteiger partial charge in [0.2, 0.25) is 0 Å². The average molecular weight is 129 g/mol. The Morgan fingerprint density at radius 3 is 2.78 bits per heavy atom. The summed E-state index contributed by atoms with van der Waals surface area (Å²) < 4.78 is 0. The molecule has 1 atom stereocenters. The third-order valence-corrected chi connectivity index (χ3v) is 1.13. The fourth-order valence-electron chi connectivity index (χ4n) is 0.555. The predicted molar refractivity (Wildman–Crippen MR) is 38.4 cm³/mol. The topological polar surface area (TPSA) is 29.1 Å². The maximum Gasteiger partial charge on any atom is 0.124 e. The summed E-state index contributed by atoms with van der Waals surface area (Å²) in [5.41, 5.74) is 0. The standard InChI is InChI=1S/C7H15NO/c1-3-4-8-5-7(2)6-9/h6-8H,3-5H2,1-2H3. The molecule has 0 aliphatic heterocycles. The molecular weight excluding hydrogens is 114 g/mol. The Labute approximate surface area is 56.6 Å². The van der Waals surface area contributed by atoms with E-state index in [1.807, 2.05) is 6.92 Å². The van der Waals surface area contributed by atoms with Crippen LogP contribution >= 0.6 is 0 Å². The van der Waals surface area contributed by atoms with E-state index < -0.39 is 0 Å². The van der Waals surface area contributed by atoms with E-state index >= 15 is 0 Å². The molecule has 0 fully saturated rings. The summed E-state index contributed by atoms with van der Waals surface area (Å²) in [6.07, 6.45) is 2.11. The molecule has 0 saturated carbocycles. The van der Waals surface area contributed by atoms with Gasteiger partial charge in [0.05, 0.1) is 0 Å². The van der Waals surface area contributed by atoms with Gasteiger partial charge in [0.1, 0.15) is 6.29 Å². The second-order valence-electron chi connectivity index (χ2n) is 2.32. The number of hydrogen-bond donors (Lipinski definition) is 1. The van der Waals surface area contributed by atoms with Crippen LogP contribution in [-0.4, -0.2) is 19.4 Å². The summed E-state index contributed by atoms with van der Waals surface area (Å²) in [5.74, 6) is 0.163. The van der Waals surface area contributed by atoms with E-state index in [0.29, 0.717) is 0 Å². The molecule has 0 rings (SSSR count). The Morgan fingerprint density at radius 1 is 1.67 bits per heavy atom. The molecule has 2 nitrogen and oxygen atoms in total. The molecule has 1 unspecified atom stereocenters. The largest absolute Gasteiger partial charge is 0.316 e. The zero-order chi connectivity index (χ0) is 7.11. The average Bonchev–Trinajstić information content (AvgIpc) is 1.89. The molecule has 0 saturated heterocycles. The van der Waals surface area contributed by atoms with Crippen molar-refractivity contribution in [1.29, 1.82) is 0 Å². The molecule has 0 aliphatic carbocycles. The molecule has 54 valence electrons. The minimum absolute atomic E-state index is 0.163. The summed E-state index contributed by atoms with van der Waals surface area (Å²) in [6.45, 7) is 5.85. The molecule has 9 heavy (non-hydrogen) atoms. The van der Waals surface area contributed by atoms with Gasteiger partial charge < -0.3 is 10.1 Å². The van der Waals surface area contributed by atoms with Gasteiger partial charge in [-0.05, 0) is 13.0 Å². The van der Waals surface area contributed by atoms with Gasteiger partial charge in [-0.3, -0.25) is 0 Å². The van der Waals surface area contributed by atoms with Crippen molar-refractivity contribution in [3.63, 3.8) is 0 Å². The normalized spacial score (nSPS) is 13.1. The number of aldehydes is 1. The van der Waals surface area contributed by atoms with Crippen molar-refractivity contribution in [2.24, 2.45) is 5.92 Å². The van der Waals surface area contributed by atoms with E-state index in [9.17, 15) is 4.79 Å². The predicted octanol–water partition coefficient (Wildman–Crippen LogP) is 0.821. The van der Waals surface area contributed by atoms with Crippen LogP contribution in [0.3, 0.4) is 0 Å². The first kappa shape index (κ1) is 8.63. The smallest absolute Gasteiger partial charge is 0.124 e. The lowest BCUT2D eigenvalue weighted by molar-refractivity contribution is -0.110. The molecule has 0 aliphatic rings. The number of carbonyl (C=O) groups excluding carboxylic acids is 1. The fourth-order valence-corrected chi connectivity index (χ4v) is 0.555. The molecule has 0 heterocycles. The van der Waals surface area contributed by atoms with Gasteiger partial charge >= 0.3 is 0 Å². The van der Waals surface area contributed by atoms with Gasteiger partial charge in [-0.1, -0.05) is 13.8 Å². The van der Waals surface area contributed by atoms with Gasteiger partial charge in [0.25, 0.3) is 0 Å². The highest BCUT2D eigenvalue weighted by atomic mass is 16.1. The van der Waals surface area contributed by atoms with Crippen molar-refractivity contribution in [3.8, 4) is 0 Å². The summed E-state index contributed by atoms with van der Waals surface area (Å²) in [6, 6.07) is 0. The van der Waals surface area contributed by atoms with Crippen molar-refractivity contribution in [1.82, 2.24) is 5.32 Å². The molecule has 0 amide bonds. The Bertz CT molecular complexity index is 73.3. The highest BCUT2D eigenvalue weighted by molar-refractivity contribution is 5.52. The van der Waals surface area contributed by atoms with Gasteiger partial charge in [0.15, 0.2) is 0 Å². The highest BCUT2D eigenvalue weighted by Gasteiger charge is 1.95. The number of rotatable bonds is 5. The summed E-state index contributed by atoms with van der Waals surface area (Å²) in [4.78, 5) is 10.1. The SMILES string of the molecule is CCCNCC(C)C=O. The quantitative estimate of drug-likeness (QED) is 0.440.